The molecular formula is C10H14ClNO2S. The van der Waals surface area contributed by atoms with Gasteiger partial charge >= 0.3 is 0 Å². The first-order chi connectivity index (χ1) is 7.07. The average Bonchev–Trinajstić information content (AvgIpc) is 2.59. The van der Waals surface area contributed by atoms with Crippen LogP contribution in [-0.4, -0.2) is 35.1 Å². The molecule has 15 heavy (non-hydrogen) atoms. The summed E-state index contributed by atoms with van der Waals surface area (Å²) in [7, 11) is 0. The SMILES string of the molecule is CC(C)N(CCO)C(=O)c1sccc1Cl. The molecule has 0 fully saturated rings. The van der Waals surface area contributed by atoms with Gasteiger partial charge in [0.1, 0.15) is 4.88 Å². The Morgan fingerprint density at radius 2 is 2.33 bits per heavy atom. The summed E-state index contributed by atoms with van der Waals surface area (Å²) in [5.74, 6) is -0.112. The van der Waals surface area contributed by atoms with Crippen LogP contribution in [0.3, 0.4) is 0 Å². The number of nitrogens with zero attached hydrogens (tertiary/aromatic N) is 1. The summed E-state index contributed by atoms with van der Waals surface area (Å²) in [5.41, 5.74) is 0. The normalized spacial score (nSPS) is 10.7. The maximum atomic E-state index is 12.0. The van der Waals surface area contributed by atoms with Crippen molar-refractivity contribution in [2.75, 3.05) is 13.2 Å². The number of carbonyl (C=O) groups excluding carboxylic acids is 1. The number of thiophene rings is 1. The molecule has 0 saturated carbocycles. The van der Waals surface area contributed by atoms with Crippen LogP contribution in [0.5, 0.6) is 0 Å². The molecule has 1 amide bonds. The number of halogens is 1. The molecule has 1 aromatic heterocycles. The maximum Gasteiger partial charge on any atom is 0.265 e. The predicted octanol–water partition coefficient (Wildman–Crippen LogP) is 2.24. The molecule has 5 heteroatoms. The summed E-state index contributed by atoms with van der Waals surface area (Å²) in [4.78, 5) is 14.1. The number of aliphatic hydroxyl groups is 1. The molecule has 0 unspecified atom stereocenters. The van der Waals surface area contributed by atoms with Crippen LogP contribution in [0, 0.1) is 0 Å². The van der Waals surface area contributed by atoms with Gasteiger partial charge in [0.15, 0.2) is 0 Å². The summed E-state index contributed by atoms with van der Waals surface area (Å²) in [6, 6.07) is 1.76. The van der Waals surface area contributed by atoms with Crippen molar-refractivity contribution in [1.29, 1.82) is 0 Å². The second-order valence-electron chi connectivity index (χ2n) is 3.41. The highest BCUT2D eigenvalue weighted by Gasteiger charge is 2.21. The molecule has 1 rings (SSSR count). The van der Waals surface area contributed by atoms with Crippen LogP contribution in [-0.2, 0) is 0 Å². The average molecular weight is 248 g/mol. The summed E-state index contributed by atoms with van der Waals surface area (Å²) < 4.78 is 0. The molecule has 0 bridgehead atoms. The van der Waals surface area contributed by atoms with Crippen LogP contribution < -0.4 is 0 Å². The van der Waals surface area contributed by atoms with Crippen molar-refractivity contribution < 1.29 is 9.90 Å². The summed E-state index contributed by atoms with van der Waals surface area (Å²) in [5, 5.41) is 11.1. The highest BCUT2D eigenvalue weighted by atomic mass is 35.5. The van der Waals surface area contributed by atoms with Crippen molar-refractivity contribution in [2.24, 2.45) is 0 Å². The second kappa shape index (κ2) is 5.49. The lowest BCUT2D eigenvalue weighted by Gasteiger charge is -2.25. The van der Waals surface area contributed by atoms with Crippen molar-refractivity contribution in [3.8, 4) is 0 Å². The first-order valence-corrected chi connectivity index (χ1v) is 5.98. The van der Waals surface area contributed by atoms with E-state index in [0.29, 0.717) is 16.4 Å². The Kier molecular flexibility index (Phi) is 4.57. The van der Waals surface area contributed by atoms with Gasteiger partial charge in [-0.2, -0.15) is 0 Å². The molecule has 0 radical (unpaired) electrons. The third-order valence-electron chi connectivity index (χ3n) is 2.04. The van der Waals surface area contributed by atoms with E-state index in [2.05, 4.69) is 0 Å². The molecule has 1 N–H and O–H groups in total. The monoisotopic (exact) mass is 247 g/mol. The molecule has 0 aliphatic rings. The van der Waals surface area contributed by atoms with Crippen molar-refractivity contribution in [3.63, 3.8) is 0 Å². The van der Waals surface area contributed by atoms with Crippen LogP contribution in [0.25, 0.3) is 0 Å². The molecule has 0 aliphatic heterocycles. The van der Waals surface area contributed by atoms with E-state index in [1.54, 1.807) is 16.3 Å². The van der Waals surface area contributed by atoms with E-state index in [1.165, 1.54) is 11.3 Å². The van der Waals surface area contributed by atoms with E-state index < -0.39 is 0 Å². The molecule has 0 aliphatic carbocycles. The predicted molar refractivity (Wildman–Crippen MR) is 62.6 cm³/mol. The van der Waals surface area contributed by atoms with Gasteiger partial charge in [0, 0.05) is 12.6 Å². The molecule has 0 aromatic carbocycles. The zero-order chi connectivity index (χ0) is 11.4. The first-order valence-electron chi connectivity index (χ1n) is 4.72. The summed E-state index contributed by atoms with van der Waals surface area (Å²) in [6.45, 7) is 4.13. The van der Waals surface area contributed by atoms with Crippen molar-refractivity contribution in [1.82, 2.24) is 4.90 Å². The second-order valence-corrected chi connectivity index (χ2v) is 4.74. The third kappa shape index (κ3) is 2.93. The van der Waals surface area contributed by atoms with Crippen molar-refractivity contribution >= 4 is 28.8 Å². The smallest absolute Gasteiger partial charge is 0.265 e. The molecule has 3 nitrogen and oxygen atoms in total. The van der Waals surface area contributed by atoms with Gasteiger partial charge in [0.2, 0.25) is 0 Å². The molecular weight excluding hydrogens is 234 g/mol. The zero-order valence-electron chi connectivity index (χ0n) is 8.74. The fourth-order valence-electron chi connectivity index (χ4n) is 1.28. The van der Waals surface area contributed by atoms with Gasteiger partial charge in [-0.15, -0.1) is 11.3 Å². The van der Waals surface area contributed by atoms with Gasteiger partial charge in [0.05, 0.1) is 11.6 Å². The van der Waals surface area contributed by atoms with Gasteiger partial charge in [-0.1, -0.05) is 11.6 Å². The molecule has 84 valence electrons. The lowest BCUT2D eigenvalue weighted by molar-refractivity contribution is 0.0670. The Balaban J connectivity index is 2.86. The van der Waals surface area contributed by atoms with Crippen LogP contribution in [0.4, 0.5) is 0 Å². The number of carbonyl (C=O) groups is 1. The molecule has 1 aromatic rings. The van der Waals surface area contributed by atoms with Crippen molar-refractivity contribution in [3.05, 3.63) is 21.3 Å². The van der Waals surface area contributed by atoms with Crippen LogP contribution in [0.15, 0.2) is 11.4 Å². The highest BCUT2D eigenvalue weighted by Crippen LogP contribution is 2.24. The Hall–Kier alpha value is -0.580. The van der Waals surface area contributed by atoms with E-state index in [0.717, 1.165) is 0 Å². The molecule has 0 saturated heterocycles. The number of hydrogen-bond donors (Lipinski definition) is 1. The minimum absolute atomic E-state index is 0.0348. The van der Waals surface area contributed by atoms with Crippen molar-refractivity contribution in [2.45, 2.75) is 19.9 Å². The minimum atomic E-state index is -0.112. The Bertz CT molecular complexity index is 338. The van der Waals surface area contributed by atoms with E-state index in [1.807, 2.05) is 13.8 Å². The Labute approximate surface area is 98.3 Å². The van der Waals surface area contributed by atoms with Crippen LogP contribution >= 0.6 is 22.9 Å². The molecule has 0 atom stereocenters. The van der Waals surface area contributed by atoms with E-state index in [9.17, 15) is 4.79 Å². The topological polar surface area (TPSA) is 40.5 Å². The largest absolute Gasteiger partial charge is 0.395 e. The quantitative estimate of drug-likeness (QED) is 0.887. The number of hydrogen-bond acceptors (Lipinski definition) is 3. The van der Waals surface area contributed by atoms with Gasteiger partial charge in [0.25, 0.3) is 5.91 Å². The van der Waals surface area contributed by atoms with E-state index >= 15 is 0 Å². The number of rotatable bonds is 4. The standard InChI is InChI=1S/C10H14ClNO2S/c1-7(2)12(4-5-13)10(14)9-8(11)3-6-15-9/h3,6-7,13H,4-5H2,1-2H3. The molecule has 1 heterocycles. The fraction of sp³-hybridized carbons (Fsp3) is 0.500. The van der Waals surface area contributed by atoms with Gasteiger partial charge in [-0.05, 0) is 25.3 Å². The number of amides is 1. The highest BCUT2D eigenvalue weighted by molar-refractivity contribution is 7.12. The van der Waals surface area contributed by atoms with E-state index in [4.69, 9.17) is 16.7 Å². The molecule has 0 spiro atoms. The van der Waals surface area contributed by atoms with Crippen LogP contribution in [0.2, 0.25) is 5.02 Å². The van der Waals surface area contributed by atoms with Crippen LogP contribution in [0.1, 0.15) is 23.5 Å². The third-order valence-corrected chi connectivity index (χ3v) is 3.37. The van der Waals surface area contributed by atoms with Gasteiger partial charge in [-0.25, -0.2) is 0 Å². The fourth-order valence-corrected chi connectivity index (χ4v) is 2.37. The lowest BCUT2D eigenvalue weighted by Crippen LogP contribution is -2.38. The summed E-state index contributed by atoms with van der Waals surface area (Å²) in [6.07, 6.45) is 0. The maximum absolute atomic E-state index is 12.0. The number of aliphatic hydroxyl groups excluding tert-OH is 1. The zero-order valence-corrected chi connectivity index (χ0v) is 10.3. The Morgan fingerprint density at radius 3 is 2.73 bits per heavy atom. The lowest BCUT2D eigenvalue weighted by atomic mass is 10.3. The summed E-state index contributed by atoms with van der Waals surface area (Å²) >= 11 is 7.21. The van der Waals surface area contributed by atoms with E-state index in [-0.39, 0.29) is 18.6 Å². The Morgan fingerprint density at radius 1 is 1.67 bits per heavy atom. The van der Waals surface area contributed by atoms with Gasteiger partial charge in [-0.3, -0.25) is 4.79 Å². The van der Waals surface area contributed by atoms with Gasteiger partial charge < -0.3 is 10.0 Å². The minimum Gasteiger partial charge on any atom is -0.395 e. The first kappa shape index (κ1) is 12.5.